The van der Waals surface area contributed by atoms with Crippen LogP contribution in [0.1, 0.15) is 52.7 Å². The second kappa shape index (κ2) is 15.0. The maximum atomic E-state index is 11.0. The first-order valence-corrected chi connectivity index (χ1v) is 19.4. The second-order valence-corrected chi connectivity index (χ2v) is 16.9. The van der Waals surface area contributed by atoms with Gasteiger partial charge in [0.15, 0.2) is 5.58 Å². The van der Waals surface area contributed by atoms with Crippen molar-refractivity contribution in [3.05, 3.63) is 169 Å². The Balaban J connectivity index is 0.00000469. The van der Waals surface area contributed by atoms with E-state index in [1.807, 2.05) is 54.7 Å². The van der Waals surface area contributed by atoms with Crippen LogP contribution in [0.4, 0.5) is 0 Å². The van der Waals surface area contributed by atoms with Gasteiger partial charge < -0.3 is 14.1 Å². The molecule has 290 valence electrons. The van der Waals surface area contributed by atoms with Crippen molar-refractivity contribution in [2.24, 2.45) is 0 Å². The van der Waals surface area contributed by atoms with E-state index in [0.29, 0.717) is 11.3 Å². The molecule has 0 aliphatic heterocycles. The van der Waals surface area contributed by atoms with Crippen LogP contribution in [0.5, 0.6) is 5.75 Å². The number of aromatic hydroxyl groups is 1. The van der Waals surface area contributed by atoms with Crippen LogP contribution in [-0.4, -0.2) is 19.6 Å². The maximum Gasteiger partial charge on any atom is 0.159 e. The fraction of sp³-hybridized carbons (Fsp3) is 0.154. The first-order chi connectivity index (χ1) is 27.4. The summed E-state index contributed by atoms with van der Waals surface area (Å²) in [5, 5.41) is 12.1. The standard InChI is InChI=1S/C52H44N3O2.Pt/c1-51(2,3)38-27-36(28-39(32-38)52(4,5)6)37-30-45(54-46(31-37)42-18-10-11-21-48(42)56)35-15-12-14-34(26-35)44-29-33(22-24-53-44)41-19-13-20-43-49(41)55(40-16-8-7-9-17-40)47-23-25-57-50(43)47;/h7-25,27-32,56H,1-6H3;/q-1;. The molecule has 0 saturated heterocycles. The molecular weight excluding hydrogens is 894 g/mol. The average Bonchev–Trinajstić information content (AvgIpc) is 3.82. The molecule has 0 fully saturated rings. The first kappa shape index (κ1) is 38.8. The molecular formula is C52H44N3O2Pt-. The van der Waals surface area contributed by atoms with Crippen molar-refractivity contribution in [3.63, 3.8) is 0 Å². The third-order valence-corrected chi connectivity index (χ3v) is 10.8. The number of nitrogens with zero attached hydrogens (tertiary/aromatic N) is 3. The van der Waals surface area contributed by atoms with E-state index in [1.54, 1.807) is 12.3 Å². The molecule has 0 radical (unpaired) electrons. The SMILES string of the molecule is CC(C)(C)c1cc(-c2cc(-c3[c-]c(-c4cc(-c5cccc6c7occc7n(-c7ccccc7)c56)ccn4)ccc3)nc(-c3ccccc3O)c2)cc(C(C)(C)C)c1.[Pt]. The van der Waals surface area contributed by atoms with Crippen molar-refractivity contribution in [2.45, 2.75) is 52.4 Å². The summed E-state index contributed by atoms with van der Waals surface area (Å²) in [7, 11) is 0. The minimum Gasteiger partial charge on any atom is -0.507 e. The number of phenolic OH excluding ortho intramolecular Hbond substituents is 1. The molecule has 5 aromatic carbocycles. The number of para-hydroxylation sites is 3. The van der Waals surface area contributed by atoms with Gasteiger partial charge in [-0.15, -0.1) is 24.3 Å². The molecule has 0 aliphatic rings. The molecule has 4 heterocycles. The fourth-order valence-electron chi connectivity index (χ4n) is 7.68. The molecule has 5 nitrogen and oxygen atoms in total. The Morgan fingerprint density at radius 3 is 1.93 bits per heavy atom. The van der Waals surface area contributed by atoms with E-state index in [2.05, 4.69) is 137 Å². The third-order valence-electron chi connectivity index (χ3n) is 10.8. The summed E-state index contributed by atoms with van der Waals surface area (Å²) in [6.45, 7) is 13.5. The van der Waals surface area contributed by atoms with Gasteiger partial charge in [-0.3, -0.25) is 9.97 Å². The van der Waals surface area contributed by atoms with Crippen molar-refractivity contribution in [1.82, 2.24) is 14.5 Å². The summed E-state index contributed by atoms with van der Waals surface area (Å²) >= 11 is 0. The van der Waals surface area contributed by atoms with Crippen LogP contribution in [0.15, 0.2) is 156 Å². The monoisotopic (exact) mass is 937 g/mol. The Hall–Kier alpha value is -6.03. The van der Waals surface area contributed by atoms with Gasteiger partial charge in [-0.2, -0.15) is 0 Å². The number of hydrogen-bond donors (Lipinski definition) is 1. The summed E-state index contributed by atoms with van der Waals surface area (Å²) < 4.78 is 8.31. The zero-order chi connectivity index (χ0) is 39.5. The second-order valence-electron chi connectivity index (χ2n) is 16.9. The van der Waals surface area contributed by atoms with Gasteiger partial charge in [-0.05, 0) is 81.1 Å². The Labute approximate surface area is 354 Å². The van der Waals surface area contributed by atoms with Crippen LogP contribution in [0, 0.1) is 6.07 Å². The molecule has 0 bridgehead atoms. The smallest absolute Gasteiger partial charge is 0.159 e. The Bertz CT molecular complexity index is 2910. The van der Waals surface area contributed by atoms with Gasteiger partial charge in [0.2, 0.25) is 0 Å². The fourth-order valence-corrected chi connectivity index (χ4v) is 7.68. The van der Waals surface area contributed by atoms with Crippen molar-refractivity contribution in [1.29, 1.82) is 0 Å². The number of hydrogen-bond acceptors (Lipinski definition) is 4. The van der Waals surface area contributed by atoms with Crippen molar-refractivity contribution >= 4 is 22.0 Å². The van der Waals surface area contributed by atoms with Gasteiger partial charge in [0.05, 0.1) is 23.0 Å². The molecule has 0 spiro atoms. The Kier molecular flexibility index (Phi) is 10.1. The van der Waals surface area contributed by atoms with Crippen molar-refractivity contribution < 1.29 is 30.6 Å². The Morgan fingerprint density at radius 2 is 1.21 bits per heavy atom. The van der Waals surface area contributed by atoms with E-state index < -0.39 is 0 Å². The van der Waals surface area contributed by atoms with Gasteiger partial charge in [-0.1, -0.05) is 125 Å². The summed E-state index contributed by atoms with van der Waals surface area (Å²) in [6, 6.07) is 51.4. The number of phenols is 1. The maximum absolute atomic E-state index is 11.0. The van der Waals surface area contributed by atoms with Gasteiger partial charge in [0, 0.05) is 66.9 Å². The molecule has 4 aromatic heterocycles. The molecule has 0 amide bonds. The molecule has 9 rings (SSSR count). The predicted octanol–water partition coefficient (Wildman–Crippen LogP) is 13.6. The molecule has 9 aromatic rings. The predicted molar refractivity (Wildman–Crippen MR) is 234 cm³/mol. The minimum absolute atomic E-state index is 0. The van der Waals surface area contributed by atoms with E-state index in [0.717, 1.165) is 72.5 Å². The van der Waals surface area contributed by atoms with E-state index in [-0.39, 0.29) is 37.6 Å². The van der Waals surface area contributed by atoms with E-state index >= 15 is 0 Å². The van der Waals surface area contributed by atoms with E-state index in [9.17, 15) is 5.11 Å². The van der Waals surface area contributed by atoms with E-state index in [4.69, 9.17) is 14.4 Å². The van der Waals surface area contributed by atoms with Crippen LogP contribution < -0.4 is 0 Å². The number of aromatic nitrogens is 3. The van der Waals surface area contributed by atoms with Gasteiger partial charge in [0.1, 0.15) is 5.75 Å². The van der Waals surface area contributed by atoms with Crippen LogP contribution in [0.2, 0.25) is 0 Å². The van der Waals surface area contributed by atoms with Gasteiger partial charge >= 0.3 is 0 Å². The van der Waals surface area contributed by atoms with E-state index in [1.165, 1.54) is 11.1 Å². The molecule has 58 heavy (non-hydrogen) atoms. The Morgan fingerprint density at radius 1 is 0.586 bits per heavy atom. The minimum atomic E-state index is -0.0445. The zero-order valence-electron chi connectivity index (χ0n) is 33.4. The average molecular weight is 938 g/mol. The number of pyridine rings is 2. The summed E-state index contributed by atoms with van der Waals surface area (Å²) in [5.74, 6) is 0.187. The quantitative estimate of drug-likeness (QED) is 0.169. The molecule has 6 heteroatoms. The van der Waals surface area contributed by atoms with Crippen LogP contribution >= 0.6 is 0 Å². The number of benzene rings is 5. The summed E-state index contributed by atoms with van der Waals surface area (Å²) in [4.78, 5) is 10.0. The summed E-state index contributed by atoms with van der Waals surface area (Å²) in [6.07, 6.45) is 3.62. The molecule has 0 atom stereocenters. The molecule has 0 aliphatic carbocycles. The third kappa shape index (κ3) is 7.20. The molecule has 0 unspecified atom stereocenters. The summed E-state index contributed by atoms with van der Waals surface area (Å²) in [5.41, 5.74) is 15.4. The zero-order valence-corrected chi connectivity index (χ0v) is 35.7. The number of rotatable bonds is 6. The number of fused-ring (bicyclic) bond motifs is 3. The van der Waals surface area contributed by atoms with Crippen LogP contribution in [-0.2, 0) is 31.9 Å². The number of furan rings is 1. The topological polar surface area (TPSA) is 64.1 Å². The van der Waals surface area contributed by atoms with Crippen LogP contribution in [0.25, 0.3) is 83.7 Å². The molecule has 1 N–H and O–H groups in total. The van der Waals surface area contributed by atoms with Gasteiger partial charge in [0.25, 0.3) is 0 Å². The van der Waals surface area contributed by atoms with Crippen molar-refractivity contribution in [2.75, 3.05) is 0 Å². The van der Waals surface area contributed by atoms with Gasteiger partial charge in [-0.25, -0.2) is 0 Å². The first-order valence-electron chi connectivity index (χ1n) is 19.4. The normalized spacial score (nSPS) is 11.9. The largest absolute Gasteiger partial charge is 0.507 e. The van der Waals surface area contributed by atoms with Crippen LogP contribution in [0.3, 0.4) is 0 Å². The van der Waals surface area contributed by atoms with Crippen molar-refractivity contribution in [3.8, 4) is 67.5 Å². The molecule has 0 saturated carbocycles.